The van der Waals surface area contributed by atoms with Gasteiger partial charge in [0.15, 0.2) is 0 Å². The fraction of sp³-hybridized carbons (Fsp3) is 0.333. The third-order valence-corrected chi connectivity index (χ3v) is 4.17. The molecular weight excluding hydrogens is 277 g/mol. The van der Waals surface area contributed by atoms with Gasteiger partial charge in [-0.05, 0) is 48.4 Å². The van der Waals surface area contributed by atoms with Crippen molar-refractivity contribution in [2.75, 3.05) is 18.0 Å². The van der Waals surface area contributed by atoms with Crippen LogP contribution in [0.5, 0.6) is 0 Å². The van der Waals surface area contributed by atoms with Gasteiger partial charge in [-0.15, -0.1) is 0 Å². The summed E-state index contributed by atoms with van der Waals surface area (Å²) in [6.45, 7) is 1.60. The number of benzene rings is 1. The molecule has 0 saturated carbocycles. The Hall–Kier alpha value is -2.07. The number of nitrogens with two attached hydrogens (primary N) is 1. The van der Waals surface area contributed by atoms with Crippen molar-refractivity contribution in [2.45, 2.75) is 25.2 Å². The summed E-state index contributed by atoms with van der Waals surface area (Å²) in [5.74, 6) is 0. The fourth-order valence-electron chi connectivity index (χ4n) is 2.77. The van der Waals surface area contributed by atoms with Gasteiger partial charge < -0.3 is 16.0 Å². The van der Waals surface area contributed by atoms with Crippen molar-refractivity contribution in [3.8, 4) is 0 Å². The minimum Gasteiger partial charge on any atom is -0.372 e. The van der Waals surface area contributed by atoms with Crippen molar-refractivity contribution in [2.24, 2.45) is 5.73 Å². The number of nitrogens with zero attached hydrogens (tertiary/aromatic N) is 1. The van der Waals surface area contributed by atoms with Crippen LogP contribution in [0.25, 0.3) is 6.08 Å². The predicted octanol–water partition coefficient (Wildman–Crippen LogP) is 2.97. The van der Waals surface area contributed by atoms with Crippen molar-refractivity contribution < 1.29 is 4.39 Å². The van der Waals surface area contributed by atoms with Gasteiger partial charge in [0.25, 0.3) is 0 Å². The molecule has 1 unspecified atom stereocenters. The Labute approximate surface area is 131 Å². The number of halogens is 1. The molecule has 116 valence electrons. The van der Waals surface area contributed by atoms with Crippen LogP contribution < -0.4 is 16.0 Å². The summed E-state index contributed by atoms with van der Waals surface area (Å²) in [7, 11) is 0. The quantitative estimate of drug-likeness (QED) is 0.901. The molecule has 0 spiro atoms. The molecule has 2 heterocycles. The second-order valence-electron chi connectivity index (χ2n) is 5.76. The van der Waals surface area contributed by atoms with Crippen LogP contribution in [0.2, 0.25) is 0 Å². The largest absolute Gasteiger partial charge is 0.372 e. The molecule has 4 heteroatoms. The second kappa shape index (κ2) is 6.79. The first-order chi connectivity index (χ1) is 10.7. The zero-order valence-corrected chi connectivity index (χ0v) is 12.6. The molecule has 0 aliphatic carbocycles. The fourth-order valence-corrected chi connectivity index (χ4v) is 2.77. The minimum absolute atomic E-state index is 0.150. The van der Waals surface area contributed by atoms with Crippen LogP contribution in [-0.4, -0.2) is 25.4 Å². The Balaban J connectivity index is 1.64. The molecule has 2 aliphatic heterocycles. The van der Waals surface area contributed by atoms with Crippen LogP contribution in [0.3, 0.4) is 0 Å². The summed E-state index contributed by atoms with van der Waals surface area (Å²) in [6.07, 6.45) is 10.4. The van der Waals surface area contributed by atoms with Gasteiger partial charge >= 0.3 is 0 Å². The summed E-state index contributed by atoms with van der Waals surface area (Å²) < 4.78 is 13.2. The second-order valence-corrected chi connectivity index (χ2v) is 5.76. The van der Waals surface area contributed by atoms with Crippen LogP contribution >= 0.6 is 0 Å². The number of rotatable bonds is 3. The average molecular weight is 299 g/mol. The molecule has 1 atom stereocenters. The normalized spacial score (nSPS) is 22.7. The minimum atomic E-state index is -0.630. The molecule has 2 aliphatic rings. The van der Waals surface area contributed by atoms with E-state index < -0.39 is 6.17 Å². The molecular formula is C18H22FN3. The molecule has 0 amide bonds. The standard InChI is InChI=1S/C18H22FN3/c19-16-9-12-22(13-10-16)17-7-4-14(5-8-17)3-6-15-2-1-11-21-18(15)20/h1-8,11,16,18,21H,9-10,12-13,20H2/b6-3+. The third kappa shape index (κ3) is 3.57. The first-order valence-corrected chi connectivity index (χ1v) is 7.78. The van der Waals surface area contributed by atoms with Gasteiger partial charge in [-0.3, -0.25) is 0 Å². The van der Waals surface area contributed by atoms with Crippen LogP contribution in [0, 0.1) is 0 Å². The van der Waals surface area contributed by atoms with Gasteiger partial charge in [0.1, 0.15) is 12.3 Å². The van der Waals surface area contributed by atoms with E-state index in [0.29, 0.717) is 12.8 Å². The Kier molecular flexibility index (Phi) is 4.59. The van der Waals surface area contributed by atoms with E-state index in [4.69, 9.17) is 5.73 Å². The maximum atomic E-state index is 13.2. The molecule has 1 fully saturated rings. The van der Waals surface area contributed by atoms with Crippen LogP contribution in [0.1, 0.15) is 18.4 Å². The molecule has 3 rings (SSSR count). The predicted molar refractivity (Wildman–Crippen MR) is 90.2 cm³/mol. The Morgan fingerprint density at radius 3 is 2.55 bits per heavy atom. The van der Waals surface area contributed by atoms with Crippen molar-refractivity contribution in [3.63, 3.8) is 0 Å². The molecule has 3 nitrogen and oxygen atoms in total. The summed E-state index contributed by atoms with van der Waals surface area (Å²) in [5.41, 5.74) is 9.31. The zero-order chi connectivity index (χ0) is 15.4. The maximum Gasteiger partial charge on any atom is 0.103 e. The van der Waals surface area contributed by atoms with E-state index in [1.165, 1.54) is 5.69 Å². The van der Waals surface area contributed by atoms with E-state index in [1.54, 1.807) is 0 Å². The van der Waals surface area contributed by atoms with Gasteiger partial charge in [0.2, 0.25) is 0 Å². The Bertz CT molecular complexity index is 581. The molecule has 0 radical (unpaired) electrons. The number of piperidine rings is 1. The Morgan fingerprint density at radius 1 is 1.14 bits per heavy atom. The van der Waals surface area contributed by atoms with E-state index in [9.17, 15) is 4.39 Å². The highest BCUT2D eigenvalue weighted by Gasteiger charge is 2.18. The monoisotopic (exact) mass is 299 g/mol. The van der Waals surface area contributed by atoms with Crippen LogP contribution in [0.4, 0.5) is 10.1 Å². The summed E-state index contributed by atoms with van der Waals surface area (Å²) >= 11 is 0. The van der Waals surface area contributed by atoms with E-state index >= 15 is 0 Å². The number of hydrogen-bond acceptors (Lipinski definition) is 3. The molecule has 3 N–H and O–H groups in total. The van der Waals surface area contributed by atoms with E-state index in [2.05, 4.69) is 40.6 Å². The number of hydrogen-bond donors (Lipinski definition) is 2. The topological polar surface area (TPSA) is 41.3 Å². The van der Waals surface area contributed by atoms with E-state index in [0.717, 1.165) is 24.2 Å². The number of nitrogens with one attached hydrogen (secondary N) is 1. The molecule has 1 aromatic rings. The molecule has 1 saturated heterocycles. The highest BCUT2D eigenvalue weighted by atomic mass is 19.1. The summed E-state index contributed by atoms with van der Waals surface area (Å²) in [4.78, 5) is 2.25. The van der Waals surface area contributed by atoms with Crippen molar-refractivity contribution in [1.29, 1.82) is 0 Å². The van der Waals surface area contributed by atoms with Gasteiger partial charge in [0.05, 0.1) is 0 Å². The van der Waals surface area contributed by atoms with Crippen molar-refractivity contribution in [3.05, 3.63) is 59.8 Å². The molecule has 0 bridgehead atoms. The molecule has 0 aromatic heterocycles. The average Bonchev–Trinajstić information content (AvgIpc) is 2.55. The highest BCUT2D eigenvalue weighted by Crippen LogP contribution is 2.22. The number of dihydropyridines is 1. The van der Waals surface area contributed by atoms with E-state index in [1.807, 2.05) is 24.4 Å². The summed E-state index contributed by atoms with van der Waals surface area (Å²) in [6, 6.07) is 8.38. The Morgan fingerprint density at radius 2 is 1.86 bits per heavy atom. The van der Waals surface area contributed by atoms with E-state index in [-0.39, 0.29) is 6.17 Å². The molecule has 1 aromatic carbocycles. The van der Waals surface area contributed by atoms with Crippen molar-refractivity contribution in [1.82, 2.24) is 5.32 Å². The first kappa shape index (κ1) is 14.9. The number of anilines is 1. The lowest BCUT2D eigenvalue weighted by Crippen LogP contribution is -2.36. The summed E-state index contributed by atoms with van der Waals surface area (Å²) in [5, 5.41) is 3.06. The van der Waals surface area contributed by atoms with Crippen LogP contribution in [-0.2, 0) is 0 Å². The van der Waals surface area contributed by atoms with Gasteiger partial charge in [0, 0.05) is 18.8 Å². The third-order valence-electron chi connectivity index (χ3n) is 4.17. The SMILES string of the molecule is NC1NC=CC=C1/C=C/c1ccc(N2CCC(F)CC2)cc1. The highest BCUT2D eigenvalue weighted by molar-refractivity contribution is 5.58. The zero-order valence-electron chi connectivity index (χ0n) is 12.6. The lowest BCUT2D eigenvalue weighted by Gasteiger charge is -2.30. The maximum absolute atomic E-state index is 13.2. The number of allylic oxidation sites excluding steroid dienone is 2. The smallest absolute Gasteiger partial charge is 0.103 e. The lowest BCUT2D eigenvalue weighted by molar-refractivity contribution is 0.277. The van der Waals surface area contributed by atoms with Gasteiger partial charge in [-0.25, -0.2) is 4.39 Å². The molecule has 22 heavy (non-hydrogen) atoms. The van der Waals surface area contributed by atoms with Crippen molar-refractivity contribution >= 4 is 11.8 Å². The first-order valence-electron chi connectivity index (χ1n) is 7.78. The lowest BCUT2D eigenvalue weighted by atomic mass is 10.1. The number of alkyl halides is 1. The van der Waals surface area contributed by atoms with Crippen LogP contribution in [0.15, 0.2) is 54.3 Å². The van der Waals surface area contributed by atoms with Gasteiger partial charge in [-0.1, -0.05) is 30.4 Å². The van der Waals surface area contributed by atoms with Gasteiger partial charge in [-0.2, -0.15) is 0 Å².